The minimum atomic E-state index is -2.93. The summed E-state index contributed by atoms with van der Waals surface area (Å²) in [6.45, 7) is 2.13. The summed E-state index contributed by atoms with van der Waals surface area (Å²) in [5, 5.41) is 0. The van der Waals surface area contributed by atoms with Crippen LogP contribution in [0.5, 0.6) is 11.5 Å². The van der Waals surface area contributed by atoms with E-state index < -0.39 is 17.8 Å². The third-order valence-electron chi connectivity index (χ3n) is 2.00. The van der Waals surface area contributed by atoms with Gasteiger partial charge in [0, 0.05) is 0 Å². The van der Waals surface area contributed by atoms with Crippen molar-refractivity contribution in [1.29, 1.82) is 0 Å². The van der Waals surface area contributed by atoms with Crippen LogP contribution < -0.4 is 9.47 Å². The average molecular weight is 234 g/mol. The first kappa shape index (κ1) is 12.7. The molecule has 90 valence electrons. The first-order valence-electron chi connectivity index (χ1n) is 4.89. The molecule has 0 N–H and O–H groups in total. The summed E-state index contributed by atoms with van der Waals surface area (Å²) in [6, 6.07) is 2.56. The van der Waals surface area contributed by atoms with E-state index in [9.17, 15) is 13.2 Å². The van der Waals surface area contributed by atoms with Gasteiger partial charge in [0.05, 0.1) is 19.3 Å². The predicted octanol–water partition coefficient (Wildman–Crippen LogP) is 3.56. The zero-order chi connectivity index (χ0) is 12.1. The van der Waals surface area contributed by atoms with Crippen molar-refractivity contribution in [2.75, 3.05) is 13.7 Å². The van der Waals surface area contributed by atoms with Gasteiger partial charge in [-0.1, -0.05) is 6.92 Å². The van der Waals surface area contributed by atoms with Crippen molar-refractivity contribution < 1.29 is 22.6 Å². The molecule has 2 nitrogen and oxygen atoms in total. The summed E-state index contributed by atoms with van der Waals surface area (Å²) in [5.74, 6) is -1.39. The Morgan fingerprint density at radius 2 is 1.88 bits per heavy atom. The fraction of sp³-hybridized carbons (Fsp3) is 0.455. The lowest BCUT2D eigenvalue weighted by atomic mass is 10.2. The number of halogens is 3. The summed E-state index contributed by atoms with van der Waals surface area (Å²) in [5.41, 5.74) is -0.754. The summed E-state index contributed by atoms with van der Waals surface area (Å²) in [4.78, 5) is 0. The molecule has 0 fully saturated rings. The van der Waals surface area contributed by atoms with Crippen LogP contribution in [0.4, 0.5) is 13.2 Å². The number of benzene rings is 1. The van der Waals surface area contributed by atoms with E-state index in [4.69, 9.17) is 4.74 Å². The van der Waals surface area contributed by atoms with Crippen molar-refractivity contribution in [2.45, 2.75) is 19.8 Å². The number of rotatable bonds is 5. The first-order chi connectivity index (χ1) is 7.61. The van der Waals surface area contributed by atoms with Gasteiger partial charge in [-0.05, 0) is 18.6 Å². The number of ether oxygens (including phenoxy) is 2. The molecule has 0 spiro atoms. The van der Waals surface area contributed by atoms with Crippen LogP contribution >= 0.6 is 0 Å². The highest BCUT2D eigenvalue weighted by atomic mass is 19.3. The Labute approximate surface area is 92.0 Å². The van der Waals surface area contributed by atoms with E-state index in [-0.39, 0.29) is 18.1 Å². The molecule has 0 saturated carbocycles. The Kier molecular flexibility index (Phi) is 4.46. The third kappa shape index (κ3) is 2.59. The zero-order valence-corrected chi connectivity index (χ0v) is 9.10. The number of methoxy groups -OCH3 is 1. The molecule has 0 aromatic heterocycles. The molecule has 1 rings (SSSR count). The lowest BCUT2D eigenvalue weighted by Crippen LogP contribution is -2.02. The molecule has 0 amide bonds. The summed E-state index contributed by atoms with van der Waals surface area (Å²) < 4.78 is 48.5. The van der Waals surface area contributed by atoms with Gasteiger partial charge < -0.3 is 9.47 Å². The van der Waals surface area contributed by atoms with E-state index in [1.54, 1.807) is 0 Å². The Bertz CT molecular complexity index is 353. The molecule has 0 atom stereocenters. The highest BCUT2D eigenvalue weighted by Crippen LogP contribution is 2.35. The van der Waals surface area contributed by atoms with Crippen LogP contribution in [0.3, 0.4) is 0 Å². The van der Waals surface area contributed by atoms with Gasteiger partial charge >= 0.3 is 0 Å². The van der Waals surface area contributed by atoms with Crippen LogP contribution in [0.1, 0.15) is 25.3 Å². The maximum Gasteiger partial charge on any atom is 0.270 e. The maximum absolute atomic E-state index is 13.6. The van der Waals surface area contributed by atoms with Crippen molar-refractivity contribution in [3.8, 4) is 11.5 Å². The standard InChI is InChI=1S/C11H13F3O2/c1-3-6-16-8-5-4-7(15-2)9(10(8)12)11(13)14/h4-5,11H,3,6H2,1-2H3. The third-order valence-corrected chi connectivity index (χ3v) is 2.00. The SMILES string of the molecule is CCCOc1ccc(OC)c(C(F)F)c1F. The van der Waals surface area contributed by atoms with Crippen molar-refractivity contribution in [3.05, 3.63) is 23.5 Å². The lowest BCUT2D eigenvalue weighted by molar-refractivity contribution is 0.140. The summed E-state index contributed by atoms with van der Waals surface area (Å²) in [7, 11) is 1.22. The molecule has 0 heterocycles. The van der Waals surface area contributed by atoms with Crippen LogP contribution in [0.15, 0.2) is 12.1 Å². The van der Waals surface area contributed by atoms with E-state index in [1.165, 1.54) is 19.2 Å². The smallest absolute Gasteiger partial charge is 0.270 e. The Hall–Kier alpha value is -1.39. The van der Waals surface area contributed by atoms with Crippen LogP contribution in [0.2, 0.25) is 0 Å². The first-order valence-corrected chi connectivity index (χ1v) is 4.89. The molecule has 5 heteroatoms. The van der Waals surface area contributed by atoms with Crippen molar-refractivity contribution in [3.63, 3.8) is 0 Å². The Balaban J connectivity index is 3.10. The van der Waals surface area contributed by atoms with E-state index in [0.717, 1.165) is 0 Å². The Morgan fingerprint density at radius 3 is 2.38 bits per heavy atom. The molecular weight excluding hydrogens is 221 g/mol. The topological polar surface area (TPSA) is 18.5 Å². The van der Waals surface area contributed by atoms with Gasteiger partial charge in [0.25, 0.3) is 6.43 Å². The number of hydrogen-bond acceptors (Lipinski definition) is 2. The quantitative estimate of drug-likeness (QED) is 0.775. The molecule has 0 aliphatic heterocycles. The van der Waals surface area contributed by atoms with E-state index in [0.29, 0.717) is 6.42 Å². The molecule has 16 heavy (non-hydrogen) atoms. The van der Waals surface area contributed by atoms with Gasteiger partial charge in [-0.15, -0.1) is 0 Å². The minimum absolute atomic E-state index is 0.169. The normalized spacial score (nSPS) is 10.6. The second-order valence-corrected chi connectivity index (χ2v) is 3.14. The molecule has 0 bridgehead atoms. The van der Waals surface area contributed by atoms with E-state index in [2.05, 4.69) is 4.74 Å². The van der Waals surface area contributed by atoms with Gasteiger partial charge in [0.15, 0.2) is 11.6 Å². The van der Waals surface area contributed by atoms with Gasteiger partial charge in [-0.3, -0.25) is 0 Å². The van der Waals surface area contributed by atoms with Crippen LogP contribution in [-0.4, -0.2) is 13.7 Å². The van der Waals surface area contributed by atoms with E-state index in [1.807, 2.05) is 6.92 Å². The number of alkyl halides is 2. The molecular formula is C11H13F3O2. The van der Waals surface area contributed by atoms with Crippen LogP contribution in [0.25, 0.3) is 0 Å². The molecule has 1 aromatic carbocycles. The van der Waals surface area contributed by atoms with Gasteiger partial charge in [0.1, 0.15) is 5.75 Å². The van der Waals surface area contributed by atoms with E-state index >= 15 is 0 Å². The fourth-order valence-corrected chi connectivity index (χ4v) is 1.26. The second kappa shape index (κ2) is 5.63. The molecule has 0 unspecified atom stereocenters. The monoisotopic (exact) mass is 234 g/mol. The van der Waals surface area contributed by atoms with Crippen LogP contribution in [0, 0.1) is 5.82 Å². The fourth-order valence-electron chi connectivity index (χ4n) is 1.26. The number of hydrogen-bond donors (Lipinski definition) is 0. The summed E-state index contributed by atoms with van der Waals surface area (Å²) >= 11 is 0. The molecule has 1 aromatic rings. The molecule has 0 radical (unpaired) electrons. The maximum atomic E-state index is 13.6. The molecule has 0 saturated heterocycles. The largest absolute Gasteiger partial charge is 0.496 e. The van der Waals surface area contributed by atoms with Crippen molar-refractivity contribution in [1.82, 2.24) is 0 Å². The molecule has 0 aliphatic rings. The minimum Gasteiger partial charge on any atom is -0.496 e. The zero-order valence-electron chi connectivity index (χ0n) is 9.10. The van der Waals surface area contributed by atoms with Crippen LogP contribution in [-0.2, 0) is 0 Å². The van der Waals surface area contributed by atoms with Gasteiger partial charge in [0.2, 0.25) is 0 Å². The van der Waals surface area contributed by atoms with Crippen molar-refractivity contribution in [2.24, 2.45) is 0 Å². The second-order valence-electron chi connectivity index (χ2n) is 3.14. The highest BCUT2D eigenvalue weighted by molar-refractivity contribution is 5.42. The summed E-state index contributed by atoms with van der Waals surface area (Å²) in [6.07, 6.45) is -2.25. The Morgan fingerprint density at radius 1 is 1.25 bits per heavy atom. The molecule has 0 aliphatic carbocycles. The van der Waals surface area contributed by atoms with Crippen molar-refractivity contribution >= 4 is 0 Å². The van der Waals surface area contributed by atoms with Gasteiger partial charge in [-0.25, -0.2) is 13.2 Å². The highest BCUT2D eigenvalue weighted by Gasteiger charge is 2.22. The predicted molar refractivity (Wildman–Crippen MR) is 53.7 cm³/mol. The lowest BCUT2D eigenvalue weighted by Gasteiger charge is -2.12. The van der Waals surface area contributed by atoms with Gasteiger partial charge in [-0.2, -0.15) is 0 Å². The average Bonchev–Trinajstić information content (AvgIpc) is 2.26.